The minimum absolute atomic E-state index is 0.0358. The maximum absolute atomic E-state index is 11.5. The van der Waals surface area contributed by atoms with Gasteiger partial charge in [0.2, 0.25) is 0 Å². The van der Waals surface area contributed by atoms with E-state index in [0.717, 1.165) is 11.7 Å². The van der Waals surface area contributed by atoms with Crippen LogP contribution < -0.4 is 5.32 Å². The summed E-state index contributed by atoms with van der Waals surface area (Å²) in [7, 11) is 0. The molecule has 0 aliphatic heterocycles. The molecular weight excluding hydrogens is 230 g/mol. The molecule has 0 saturated heterocycles. The highest BCUT2D eigenvalue weighted by atomic mass is 32.1. The largest absolute Gasteiger partial charge is 0.481 e. The normalized spacial score (nSPS) is 12.4. The molecule has 16 heavy (non-hydrogen) atoms. The molecule has 0 saturated carbocycles. The fourth-order valence-electron chi connectivity index (χ4n) is 1.17. The molecule has 0 aliphatic rings. The van der Waals surface area contributed by atoms with Crippen molar-refractivity contribution in [2.45, 2.75) is 13.8 Å². The van der Waals surface area contributed by atoms with Gasteiger partial charge in [0.1, 0.15) is 0 Å². The average molecular weight is 243 g/mol. The molecule has 1 heterocycles. The first-order valence-corrected chi connectivity index (χ1v) is 5.54. The minimum Gasteiger partial charge on any atom is -0.481 e. The van der Waals surface area contributed by atoms with Crippen LogP contribution in [0.5, 0.6) is 0 Å². The van der Waals surface area contributed by atoms with Crippen LogP contribution in [0.2, 0.25) is 0 Å². The van der Waals surface area contributed by atoms with Crippen molar-refractivity contribution < 1.29 is 14.7 Å². The molecule has 1 amide bonds. The van der Waals surface area contributed by atoms with Crippen LogP contribution in [-0.2, 0) is 4.79 Å². The number of carbonyl (C=O) groups excluding carboxylic acids is 1. The van der Waals surface area contributed by atoms with E-state index in [9.17, 15) is 9.59 Å². The lowest BCUT2D eigenvalue weighted by atomic mass is 9.96. The smallest absolute Gasteiger partial charge is 0.308 e. The monoisotopic (exact) mass is 243 g/mol. The number of carboxylic acid groups (broad SMARTS) is 1. The molecule has 88 valence electrons. The van der Waals surface area contributed by atoms with Gasteiger partial charge in [0.05, 0.1) is 23.8 Å². The van der Waals surface area contributed by atoms with Crippen LogP contribution in [0.1, 0.15) is 24.3 Å². The van der Waals surface area contributed by atoms with Gasteiger partial charge in [0.15, 0.2) is 5.69 Å². The Morgan fingerprint density at radius 2 is 2.25 bits per heavy atom. The second kappa shape index (κ2) is 5.55. The van der Waals surface area contributed by atoms with Gasteiger partial charge < -0.3 is 10.4 Å². The molecule has 1 rings (SSSR count). The molecule has 6 nitrogen and oxygen atoms in total. The SMILES string of the molecule is CC(C)C(CNC(=O)c1cnsn1)C(=O)O. The molecule has 1 unspecified atom stereocenters. The molecule has 0 aliphatic carbocycles. The highest BCUT2D eigenvalue weighted by Crippen LogP contribution is 2.09. The molecule has 0 radical (unpaired) electrons. The van der Waals surface area contributed by atoms with Crippen LogP contribution in [0.3, 0.4) is 0 Å². The average Bonchev–Trinajstić information content (AvgIpc) is 2.69. The predicted octanol–water partition coefficient (Wildman–Crippen LogP) is 0.625. The van der Waals surface area contributed by atoms with Crippen molar-refractivity contribution in [3.8, 4) is 0 Å². The third-order valence-corrected chi connectivity index (χ3v) is 2.68. The summed E-state index contributed by atoms with van der Waals surface area (Å²) >= 11 is 0.938. The Bertz CT molecular complexity index is 364. The van der Waals surface area contributed by atoms with E-state index in [1.54, 1.807) is 13.8 Å². The summed E-state index contributed by atoms with van der Waals surface area (Å²) in [4.78, 5) is 22.3. The van der Waals surface area contributed by atoms with E-state index in [1.807, 2.05) is 0 Å². The van der Waals surface area contributed by atoms with E-state index in [0.29, 0.717) is 0 Å². The zero-order valence-corrected chi connectivity index (χ0v) is 9.82. The highest BCUT2D eigenvalue weighted by molar-refractivity contribution is 6.99. The first kappa shape index (κ1) is 12.6. The second-order valence-corrected chi connectivity index (χ2v) is 4.25. The van der Waals surface area contributed by atoms with Gasteiger partial charge in [-0.3, -0.25) is 9.59 Å². The van der Waals surface area contributed by atoms with E-state index in [1.165, 1.54) is 6.20 Å². The predicted molar refractivity (Wildman–Crippen MR) is 58.2 cm³/mol. The first-order chi connectivity index (χ1) is 7.52. The van der Waals surface area contributed by atoms with Crippen molar-refractivity contribution in [2.75, 3.05) is 6.54 Å². The molecule has 0 spiro atoms. The van der Waals surface area contributed by atoms with Crippen molar-refractivity contribution in [1.82, 2.24) is 14.1 Å². The number of amides is 1. The maximum atomic E-state index is 11.5. The molecular formula is C9H13N3O3S. The quantitative estimate of drug-likeness (QED) is 0.791. The van der Waals surface area contributed by atoms with Gasteiger partial charge in [-0.05, 0) is 5.92 Å². The van der Waals surface area contributed by atoms with Gasteiger partial charge in [-0.2, -0.15) is 8.75 Å². The molecule has 7 heteroatoms. The van der Waals surface area contributed by atoms with Gasteiger partial charge in [0.25, 0.3) is 5.91 Å². The van der Waals surface area contributed by atoms with Gasteiger partial charge >= 0.3 is 5.97 Å². The van der Waals surface area contributed by atoms with Crippen molar-refractivity contribution in [1.29, 1.82) is 0 Å². The van der Waals surface area contributed by atoms with Crippen molar-refractivity contribution in [3.05, 3.63) is 11.9 Å². The van der Waals surface area contributed by atoms with Crippen molar-refractivity contribution in [3.63, 3.8) is 0 Å². The van der Waals surface area contributed by atoms with Crippen LogP contribution >= 0.6 is 11.7 Å². The minimum atomic E-state index is -0.910. The summed E-state index contributed by atoms with van der Waals surface area (Å²) in [6.45, 7) is 3.70. The zero-order valence-electron chi connectivity index (χ0n) is 9.01. The Morgan fingerprint density at radius 3 is 2.69 bits per heavy atom. The summed E-state index contributed by atoms with van der Waals surface area (Å²) in [6.07, 6.45) is 1.35. The first-order valence-electron chi connectivity index (χ1n) is 4.81. The number of hydrogen-bond acceptors (Lipinski definition) is 5. The van der Waals surface area contributed by atoms with Crippen LogP contribution in [0.15, 0.2) is 6.20 Å². The fraction of sp³-hybridized carbons (Fsp3) is 0.556. The van der Waals surface area contributed by atoms with E-state index >= 15 is 0 Å². The van der Waals surface area contributed by atoms with Gasteiger partial charge in [-0.15, -0.1) is 0 Å². The van der Waals surface area contributed by atoms with Crippen LogP contribution in [0.25, 0.3) is 0 Å². The number of rotatable bonds is 5. The van der Waals surface area contributed by atoms with E-state index in [-0.39, 0.29) is 24.1 Å². The Hall–Kier alpha value is -1.50. The summed E-state index contributed by atoms with van der Waals surface area (Å²) in [5.41, 5.74) is 0.220. The zero-order chi connectivity index (χ0) is 12.1. The highest BCUT2D eigenvalue weighted by Gasteiger charge is 2.22. The van der Waals surface area contributed by atoms with E-state index in [4.69, 9.17) is 5.11 Å². The number of carboxylic acids is 1. The third-order valence-electron chi connectivity index (χ3n) is 2.20. The van der Waals surface area contributed by atoms with Crippen LogP contribution in [0.4, 0.5) is 0 Å². The maximum Gasteiger partial charge on any atom is 0.308 e. The summed E-state index contributed by atoms with van der Waals surface area (Å²) in [5, 5.41) is 11.4. The number of hydrogen-bond donors (Lipinski definition) is 2. The van der Waals surface area contributed by atoms with Gasteiger partial charge in [-0.25, -0.2) is 0 Å². The molecule has 1 atom stereocenters. The molecule has 2 N–H and O–H groups in total. The van der Waals surface area contributed by atoms with Crippen molar-refractivity contribution >= 4 is 23.6 Å². The molecule has 0 bridgehead atoms. The Kier molecular flexibility index (Phi) is 4.36. The van der Waals surface area contributed by atoms with Gasteiger partial charge in [-0.1, -0.05) is 13.8 Å². The standard InChI is InChI=1S/C9H13N3O3S/c1-5(2)6(9(14)15)3-10-8(13)7-4-11-16-12-7/h4-6H,3H2,1-2H3,(H,10,13)(H,14,15). The topological polar surface area (TPSA) is 92.2 Å². The lowest BCUT2D eigenvalue weighted by Gasteiger charge is -2.16. The van der Waals surface area contributed by atoms with Crippen LogP contribution in [-0.4, -0.2) is 32.3 Å². The number of aromatic nitrogens is 2. The Morgan fingerprint density at radius 1 is 1.56 bits per heavy atom. The number of nitrogens with one attached hydrogen (secondary N) is 1. The molecule has 0 fully saturated rings. The third kappa shape index (κ3) is 3.27. The summed E-state index contributed by atoms with van der Waals surface area (Å²) < 4.78 is 7.45. The summed E-state index contributed by atoms with van der Waals surface area (Å²) in [5.74, 6) is -1.92. The Labute approximate surface area is 97.0 Å². The number of nitrogens with zero attached hydrogens (tertiary/aromatic N) is 2. The number of carbonyl (C=O) groups is 2. The van der Waals surface area contributed by atoms with Crippen molar-refractivity contribution in [2.24, 2.45) is 11.8 Å². The summed E-state index contributed by atoms with van der Waals surface area (Å²) in [6, 6.07) is 0. The number of aliphatic carboxylic acids is 1. The van der Waals surface area contributed by atoms with Gasteiger partial charge in [0, 0.05) is 6.54 Å². The molecule has 0 aromatic carbocycles. The molecule has 1 aromatic rings. The van der Waals surface area contributed by atoms with E-state index in [2.05, 4.69) is 14.1 Å². The fourth-order valence-corrected chi connectivity index (χ4v) is 1.58. The van der Waals surface area contributed by atoms with Crippen LogP contribution in [0, 0.1) is 11.8 Å². The second-order valence-electron chi connectivity index (χ2n) is 3.69. The van der Waals surface area contributed by atoms with E-state index < -0.39 is 11.9 Å². The lowest BCUT2D eigenvalue weighted by molar-refractivity contribution is -0.142. The molecule has 1 aromatic heterocycles. The lowest BCUT2D eigenvalue weighted by Crippen LogP contribution is -2.35. The Balaban J connectivity index is 2.50.